The van der Waals surface area contributed by atoms with Gasteiger partial charge in [-0.05, 0) is 24.1 Å². The molecule has 88 valence electrons. The van der Waals surface area contributed by atoms with Crippen molar-refractivity contribution in [3.63, 3.8) is 0 Å². The summed E-state index contributed by atoms with van der Waals surface area (Å²) in [5.41, 5.74) is 1.22. The molecule has 3 nitrogen and oxygen atoms in total. The van der Waals surface area contributed by atoms with Crippen LogP contribution in [0.2, 0.25) is 0 Å². The number of hydrogen-bond acceptors (Lipinski definition) is 3. The Labute approximate surface area is 96.8 Å². The van der Waals surface area contributed by atoms with Gasteiger partial charge in [0.05, 0.1) is 19.3 Å². The van der Waals surface area contributed by atoms with Crippen molar-refractivity contribution in [2.75, 3.05) is 26.3 Å². The summed E-state index contributed by atoms with van der Waals surface area (Å²) in [5, 5.41) is 3.33. The Balaban J connectivity index is 1.95. The summed E-state index contributed by atoms with van der Waals surface area (Å²) < 4.78 is 11.2. The molecule has 3 heteroatoms. The largest absolute Gasteiger partial charge is 0.494 e. The monoisotopic (exact) mass is 221 g/mol. The highest BCUT2D eigenvalue weighted by Gasteiger charge is 2.15. The first-order chi connectivity index (χ1) is 7.90. The Bertz CT molecular complexity index is 304. The van der Waals surface area contributed by atoms with Crippen molar-refractivity contribution < 1.29 is 9.47 Å². The van der Waals surface area contributed by atoms with Crippen LogP contribution in [0.25, 0.3) is 0 Å². The van der Waals surface area contributed by atoms with Gasteiger partial charge in [-0.3, -0.25) is 0 Å². The van der Waals surface area contributed by atoms with Crippen LogP contribution in [0.5, 0.6) is 5.75 Å². The van der Waals surface area contributed by atoms with E-state index in [0.717, 1.165) is 38.5 Å². The molecule has 16 heavy (non-hydrogen) atoms. The van der Waals surface area contributed by atoms with Gasteiger partial charge in [0.2, 0.25) is 0 Å². The first kappa shape index (κ1) is 11.4. The van der Waals surface area contributed by atoms with E-state index in [9.17, 15) is 0 Å². The van der Waals surface area contributed by atoms with Crippen molar-refractivity contribution in [3.8, 4) is 5.75 Å². The summed E-state index contributed by atoms with van der Waals surface area (Å²) in [7, 11) is 0. The number of hydrogen-bond donors (Lipinski definition) is 1. The Hall–Kier alpha value is -1.06. The molecule has 1 heterocycles. The van der Waals surface area contributed by atoms with Crippen LogP contribution in [0, 0.1) is 0 Å². The first-order valence-electron chi connectivity index (χ1n) is 5.95. The predicted octanol–water partition coefficient (Wildman–Crippen LogP) is 2.14. The highest BCUT2D eigenvalue weighted by Crippen LogP contribution is 2.21. The molecule has 2 rings (SSSR count). The molecule has 0 amide bonds. The van der Waals surface area contributed by atoms with Crippen LogP contribution >= 0.6 is 0 Å². The molecule has 1 atom stereocenters. The fraction of sp³-hybridized carbons (Fsp3) is 0.538. The SMILES string of the molecule is CCCOc1ccc(C2CNCCO2)cc1. The van der Waals surface area contributed by atoms with Crippen LogP contribution < -0.4 is 10.1 Å². The lowest BCUT2D eigenvalue weighted by Crippen LogP contribution is -2.33. The highest BCUT2D eigenvalue weighted by atomic mass is 16.5. The minimum absolute atomic E-state index is 0.189. The van der Waals surface area contributed by atoms with Crippen molar-refractivity contribution in [2.24, 2.45) is 0 Å². The fourth-order valence-corrected chi connectivity index (χ4v) is 1.78. The lowest BCUT2D eigenvalue weighted by atomic mass is 10.1. The normalized spacial score (nSPS) is 20.7. The Morgan fingerprint density at radius 2 is 2.19 bits per heavy atom. The van der Waals surface area contributed by atoms with Crippen LogP contribution in [-0.2, 0) is 4.74 Å². The van der Waals surface area contributed by atoms with Gasteiger partial charge >= 0.3 is 0 Å². The molecular formula is C13H19NO2. The second kappa shape index (κ2) is 5.87. The number of morpholine rings is 1. The van der Waals surface area contributed by atoms with E-state index in [0.29, 0.717) is 0 Å². The van der Waals surface area contributed by atoms with Crippen molar-refractivity contribution in [2.45, 2.75) is 19.4 Å². The quantitative estimate of drug-likeness (QED) is 0.845. The van der Waals surface area contributed by atoms with Gasteiger partial charge < -0.3 is 14.8 Å². The second-order valence-electron chi connectivity index (χ2n) is 3.98. The second-order valence-corrected chi connectivity index (χ2v) is 3.98. The summed E-state index contributed by atoms with van der Waals surface area (Å²) in [6.45, 7) is 5.53. The fourth-order valence-electron chi connectivity index (χ4n) is 1.78. The van der Waals surface area contributed by atoms with E-state index >= 15 is 0 Å². The number of benzene rings is 1. The van der Waals surface area contributed by atoms with E-state index in [-0.39, 0.29) is 6.10 Å². The van der Waals surface area contributed by atoms with E-state index in [2.05, 4.69) is 24.4 Å². The van der Waals surface area contributed by atoms with Crippen LogP contribution in [0.3, 0.4) is 0 Å². The molecule has 0 aromatic heterocycles. The zero-order valence-electron chi connectivity index (χ0n) is 9.74. The molecule has 0 bridgehead atoms. The van der Waals surface area contributed by atoms with Crippen LogP contribution in [0.15, 0.2) is 24.3 Å². The smallest absolute Gasteiger partial charge is 0.119 e. The molecule has 0 aliphatic carbocycles. The summed E-state index contributed by atoms with van der Waals surface area (Å²) >= 11 is 0. The van der Waals surface area contributed by atoms with E-state index in [4.69, 9.17) is 9.47 Å². The first-order valence-corrected chi connectivity index (χ1v) is 5.95. The third-order valence-corrected chi connectivity index (χ3v) is 2.65. The van der Waals surface area contributed by atoms with Crippen LogP contribution in [-0.4, -0.2) is 26.3 Å². The summed E-state index contributed by atoms with van der Waals surface area (Å²) in [6, 6.07) is 8.21. The Morgan fingerprint density at radius 1 is 1.38 bits per heavy atom. The van der Waals surface area contributed by atoms with Gasteiger partial charge in [-0.2, -0.15) is 0 Å². The standard InChI is InChI=1S/C13H19NO2/c1-2-8-15-12-5-3-11(4-6-12)13-10-14-7-9-16-13/h3-6,13-14H,2,7-10H2,1H3. The number of ether oxygens (including phenoxy) is 2. The minimum atomic E-state index is 0.189. The predicted molar refractivity (Wildman–Crippen MR) is 63.8 cm³/mol. The average molecular weight is 221 g/mol. The lowest BCUT2D eigenvalue weighted by Gasteiger charge is -2.24. The third kappa shape index (κ3) is 2.97. The van der Waals surface area contributed by atoms with Gasteiger partial charge in [0, 0.05) is 13.1 Å². The number of rotatable bonds is 4. The molecule has 1 saturated heterocycles. The van der Waals surface area contributed by atoms with Crippen LogP contribution in [0.1, 0.15) is 25.0 Å². The maximum Gasteiger partial charge on any atom is 0.119 e. The van der Waals surface area contributed by atoms with E-state index in [1.807, 2.05) is 12.1 Å². The lowest BCUT2D eigenvalue weighted by molar-refractivity contribution is 0.0277. The van der Waals surface area contributed by atoms with Gasteiger partial charge in [0.25, 0.3) is 0 Å². The van der Waals surface area contributed by atoms with Crippen molar-refractivity contribution in [1.29, 1.82) is 0 Å². The van der Waals surface area contributed by atoms with Crippen molar-refractivity contribution in [1.82, 2.24) is 5.32 Å². The van der Waals surface area contributed by atoms with E-state index < -0.39 is 0 Å². The van der Waals surface area contributed by atoms with E-state index in [1.165, 1.54) is 5.56 Å². The van der Waals surface area contributed by atoms with E-state index in [1.54, 1.807) is 0 Å². The zero-order chi connectivity index (χ0) is 11.2. The van der Waals surface area contributed by atoms with Gasteiger partial charge in [0.15, 0.2) is 0 Å². The third-order valence-electron chi connectivity index (χ3n) is 2.65. The minimum Gasteiger partial charge on any atom is -0.494 e. The van der Waals surface area contributed by atoms with Crippen molar-refractivity contribution in [3.05, 3.63) is 29.8 Å². The van der Waals surface area contributed by atoms with Gasteiger partial charge in [-0.1, -0.05) is 19.1 Å². The maximum absolute atomic E-state index is 5.68. The summed E-state index contributed by atoms with van der Waals surface area (Å²) in [5.74, 6) is 0.939. The maximum atomic E-state index is 5.68. The zero-order valence-corrected chi connectivity index (χ0v) is 9.74. The molecular weight excluding hydrogens is 202 g/mol. The summed E-state index contributed by atoms with van der Waals surface area (Å²) in [4.78, 5) is 0. The molecule has 1 unspecified atom stereocenters. The molecule has 1 fully saturated rings. The molecule has 0 spiro atoms. The van der Waals surface area contributed by atoms with Gasteiger partial charge in [-0.15, -0.1) is 0 Å². The van der Waals surface area contributed by atoms with Crippen molar-refractivity contribution >= 4 is 0 Å². The molecule has 1 aromatic rings. The molecule has 0 radical (unpaired) electrons. The summed E-state index contributed by atoms with van der Waals surface area (Å²) in [6.07, 6.45) is 1.23. The molecule has 0 saturated carbocycles. The number of nitrogens with one attached hydrogen (secondary N) is 1. The molecule has 1 aliphatic heterocycles. The average Bonchev–Trinajstić information content (AvgIpc) is 2.38. The van der Waals surface area contributed by atoms with Crippen LogP contribution in [0.4, 0.5) is 0 Å². The highest BCUT2D eigenvalue weighted by molar-refractivity contribution is 5.28. The Kier molecular flexibility index (Phi) is 4.19. The molecule has 1 aliphatic rings. The molecule has 1 N–H and O–H groups in total. The topological polar surface area (TPSA) is 30.5 Å². The van der Waals surface area contributed by atoms with Gasteiger partial charge in [-0.25, -0.2) is 0 Å². The van der Waals surface area contributed by atoms with Gasteiger partial charge in [0.1, 0.15) is 5.75 Å². The molecule has 1 aromatic carbocycles. The Morgan fingerprint density at radius 3 is 2.81 bits per heavy atom.